The molecule has 1 N–H and O–H groups in total. The molecule has 1 aromatic carbocycles. The summed E-state index contributed by atoms with van der Waals surface area (Å²) in [6, 6.07) is 11.6. The van der Waals surface area contributed by atoms with Crippen LogP contribution in [0.2, 0.25) is 0 Å². The van der Waals surface area contributed by atoms with Crippen LogP contribution in [0.4, 0.5) is 5.82 Å². The third-order valence-corrected chi connectivity index (χ3v) is 3.82. The third-order valence-electron chi connectivity index (χ3n) is 3.82. The lowest BCUT2D eigenvalue weighted by Crippen LogP contribution is -2.29. The van der Waals surface area contributed by atoms with E-state index < -0.39 is 0 Å². The molecular formula is C20H28N4O. The van der Waals surface area contributed by atoms with Gasteiger partial charge in [-0.25, -0.2) is 9.97 Å². The van der Waals surface area contributed by atoms with Gasteiger partial charge in [0.25, 0.3) is 5.91 Å². The third kappa shape index (κ3) is 5.28. The van der Waals surface area contributed by atoms with E-state index in [1.54, 1.807) is 0 Å². The van der Waals surface area contributed by atoms with Crippen molar-refractivity contribution >= 4 is 11.7 Å². The van der Waals surface area contributed by atoms with Crippen LogP contribution in [-0.2, 0) is 0 Å². The molecule has 25 heavy (non-hydrogen) atoms. The van der Waals surface area contributed by atoms with Crippen LogP contribution in [-0.4, -0.2) is 35.5 Å². The largest absolute Gasteiger partial charge is 0.357 e. The van der Waals surface area contributed by atoms with Gasteiger partial charge in [-0.3, -0.25) is 4.79 Å². The number of amides is 1. The number of benzene rings is 1. The molecule has 0 atom stereocenters. The Bertz CT molecular complexity index is 667. The Morgan fingerprint density at radius 2 is 1.68 bits per heavy atom. The van der Waals surface area contributed by atoms with Gasteiger partial charge in [0.2, 0.25) is 0 Å². The Hall–Kier alpha value is -2.43. The first-order valence-corrected chi connectivity index (χ1v) is 9.17. The van der Waals surface area contributed by atoms with Crippen LogP contribution in [0.5, 0.6) is 0 Å². The molecule has 5 nitrogen and oxygen atoms in total. The Balaban J connectivity index is 2.45. The maximum Gasteiger partial charge on any atom is 0.270 e. The molecule has 1 aromatic heterocycles. The van der Waals surface area contributed by atoms with Crippen molar-refractivity contribution in [2.75, 3.05) is 24.5 Å². The molecule has 0 unspecified atom stereocenters. The molecular weight excluding hydrogens is 312 g/mol. The smallest absolute Gasteiger partial charge is 0.270 e. The van der Waals surface area contributed by atoms with Gasteiger partial charge in [-0.1, -0.05) is 51.1 Å². The summed E-state index contributed by atoms with van der Waals surface area (Å²) in [4.78, 5) is 23.9. The van der Waals surface area contributed by atoms with Gasteiger partial charge >= 0.3 is 0 Å². The highest BCUT2D eigenvalue weighted by atomic mass is 16.1. The summed E-state index contributed by atoms with van der Waals surface area (Å²) in [6.07, 6.45) is 2.96. The van der Waals surface area contributed by atoms with Crippen LogP contribution in [0.15, 0.2) is 36.4 Å². The molecule has 1 heterocycles. The van der Waals surface area contributed by atoms with E-state index >= 15 is 0 Å². The van der Waals surface area contributed by atoms with Crippen LogP contribution < -0.4 is 10.2 Å². The fraction of sp³-hybridized carbons (Fsp3) is 0.450. The normalized spacial score (nSPS) is 10.5. The number of rotatable bonds is 9. The van der Waals surface area contributed by atoms with Gasteiger partial charge < -0.3 is 10.2 Å². The molecule has 0 fully saturated rings. The lowest BCUT2D eigenvalue weighted by molar-refractivity contribution is 0.0948. The SMILES string of the molecule is CCCNC(=O)c1cc(N(CCC)CCC)nc(-c2ccccc2)n1. The minimum atomic E-state index is -0.143. The van der Waals surface area contributed by atoms with E-state index in [1.165, 1.54) is 0 Å². The molecule has 0 saturated carbocycles. The molecule has 5 heteroatoms. The molecule has 0 spiro atoms. The van der Waals surface area contributed by atoms with Gasteiger partial charge in [0.1, 0.15) is 11.5 Å². The maximum absolute atomic E-state index is 12.5. The second-order valence-corrected chi connectivity index (χ2v) is 6.04. The molecule has 0 aliphatic heterocycles. The highest BCUT2D eigenvalue weighted by molar-refractivity contribution is 5.93. The zero-order valence-corrected chi connectivity index (χ0v) is 15.5. The van der Waals surface area contributed by atoms with Gasteiger partial charge in [0, 0.05) is 31.3 Å². The number of anilines is 1. The molecule has 0 radical (unpaired) electrons. The number of nitrogens with one attached hydrogen (secondary N) is 1. The van der Waals surface area contributed by atoms with Gasteiger partial charge in [0.15, 0.2) is 5.82 Å². The van der Waals surface area contributed by atoms with Gasteiger partial charge in [-0.15, -0.1) is 0 Å². The van der Waals surface area contributed by atoms with E-state index in [9.17, 15) is 4.79 Å². The Morgan fingerprint density at radius 1 is 1.00 bits per heavy atom. The molecule has 0 aliphatic carbocycles. The monoisotopic (exact) mass is 340 g/mol. The average Bonchev–Trinajstić information content (AvgIpc) is 2.66. The zero-order chi connectivity index (χ0) is 18.1. The number of nitrogens with zero attached hydrogens (tertiary/aromatic N) is 3. The van der Waals surface area contributed by atoms with Crippen molar-refractivity contribution in [2.24, 2.45) is 0 Å². The fourth-order valence-corrected chi connectivity index (χ4v) is 2.64. The Kier molecular flexibility index (Phi) is 7.38. The Morgan fingerprint density at radius 3 is 2.28 bits per heavy atom. The van der Waals surface area contributed by atoms with Crippen molar-refractivity contribution < 1.29 is 4.79 Å². The standard InChI is InChI=1S/C20H28N4O/c1-4-12-21-20(25)17-15-18(24(13-5-2)14-6-3)23-19(22-17)16-10-8-7-9-11-16/h7-11,15H,4-6,12-14H2,1-3H3,(H,21,25). The van der Waals surface area contributed by atoms with Crippen LogP contribution in [0, 0.1) is 0 Å². The lowest BCUT2D eigenvalue weighted by Gasteiger charge is -2.23. The number of aromatic nitrogens is 2. The second-order valence-electron chi connectivity index (χ2n) is 6.04. The summed E-state index contributed by atoms with van der Waals surface area (Å²) < 4.78 is 0. The van der Waals surface area contributed by atoms with E-state index in [2.05, 4.69) is 29.0 Å². The summed E-state index contributed by atoms with van der Waals surface area (Å²) in [7, 11) is 0. The van der Waals surface area contributed by atoms with Crippen molar-refractivity contribution in [1.82, 2.24) is 15.3 Å². The molecule has 0 aliphatic rings. The summed E-state index contributed by atoms with van der Waals surface area (Å²) in [5, 5.41) is 2.91. The van der Waals surface area contributed by atoms with Gasteiger partial charge in [-0.2, -0.15) is 0 Å². The summed E-state index contributed by atoms with van der Waals surface area (Å²) in [6.45, 7) is 8.80. The van der Waals surface area contributed by atoms with Crippen LogP contribution in [0.3, 0.4) is 0 Å². The highest BCUT2D eigenvalue weighted by Gasteiger charge is 2.16. The van der Waals surface area contributed by atoms with Crippen LogP contribution in [0.1, 0.15) is 50.5 Å². The first-order valence-electron chi connectivity index (χ1n) is 9.17. The quantitative estimate of drug-likeness (QED) is 0.752. The number of hydrogen-bond acceptors (Lipinski definition) is 4. The maximum atomic E-state index is 12.5. The van der Waals surface area contributed by atoms with Gasteiger partial charge in [-0.05, 0) is 19.3 Å². The molecule has 0 saturated heterocycles. The Labute approximate surface area is 150 Å². The number of carbonyl (C=O) groups is 1. The van der Waals surface area contributed by atoms with E-state index in [4.69, 9.17) is 4.98 Å². The molecule has 134 valence electrons. The average molecular weight is 340 g/mol. The van der Waals surface area contributed by atoms with E-state index in [0.29, 0.717) is 18.1 Å². The molecule has 0 bridgehead atoms. The summed E-state index contributed by atoms with van der Waals surface area (Å²) in [5.74, 6) is 1.27. The van der Waals surface area contributed by atoms with Crippen molar-refractivity contribution in [3.63, 3.8) is 0 Å². The topological polar surface area (TPSA) is 58.1 Å². The summed E-state index contributed by atoms with van der Waals surface area (Å²) in [5.41, 5.74) is 1.34. The minimum absolute atomic E-state index is 0.143. The van der Waals surface area contributed by atoms with Crippen molar-refractivity contribution in [3.05, 3.63) is 42.1 Å². The number of hydrogen-bond donors (Lipinski definition) is 1. The highest BCUT2D eigenvalue weighted by Crippen LogP contribution is 2.21. The first kappa shape index (κ1) is 18.9. The molecule has 2 aromatic rings. The van der Waals surface area contributed by atoms with Gasteiger partial charge in [0.05, 0.1) is 0 Å². The zero-order valence-electron chi connectivity index (χ0n) is 15.5. The van der Waals surface area contributed by atoms with Crippen LogP contribution >= 0.6 is 0 Å². The van der Waals surface area contributed by atoms with E-state index in [0.717, 1.165) is 43.7 Å². The predicted octanol–water partition coefficient (Wildman–Crippen LogP) is 3.91. The van der Waals surface area contributed by atoms with E-state index in [-0.39, 0.29) is 5.91 Å². The molecule has 2 rings (SSSR count). The van der Waals surface area contributed by atoms with Crippen molar-refractivity contribution in [3.8, 4) is 11.4 Å². The fourth-order valence-electron chi connectivity index (χ4n) is 2.64. The van der Waals surface area contributed by atoms with Crippen molar-refractivity contribution in [1.29, 1.82) is 0 Å². The number of carbonyl (C=O) groups excluding carboxylic acids is 1. The molecule has 1 amide bonds. The predicted molar refractivity (Wildman–Crippen MR) is 103 cm³/mol. The van der Waals surface area contributed by atoms with E-state index in [1.807, 2.05) is 43.3 Å². The minimum Gasteiger partial charge on any atom is -0.357 e. The first-order chi connectivity index (χ1) is 12.2. The second kappa shape index (κ2) is 9.77. The lowest BCUT2D eigenvalue weighted by atomic mass is 10.2. The van der Waals surface area contributed by atoms with Crippen molar-refractivity contribution in [2.45, 2.75) is 40.0 Å². The van der Waals surface area contributed by atoms with Crippen LogP contribution in [0.25, 0.3) is 11.4 Å². The summed E-state index contributed by atoms with van der Waals surface area (Å²) >= 11 is 0.